The second-order valence-corrected chi connectivity index (χ2v) is 0.671. The summed E-state index contributed by atoms with van der Waals surface area (Å²) in [7, 11) is -3.37. The molecule has 0 aromatic carbocycles. The van der Waals surface area contributed by atoms with Crippen LogP contribution < -0.4 is 14.7 Å². The molecule has 0 aromatic rings. The van der Waals surface area contributed by atoms with Crippen molar-refractivity contribution in [1.82, 2.24) is 0 Å². The van der Waals surface area contributed by atoms with E-state index in [4.69, 9.17) is 14.7 Å². The number of hydrogen-bond donors (Lipinski definition) is 0. The third-order valence-electron chi connectivity index (χ3n) is 0. The van der Waals surface area contributed by atoms with Gasteiger partial charge < -0.3 is 23.3 Å². The van der Waals surface area contributed by atoms with Gasteiger partial charge in [0, 0.05) is 0 Å². The van der Waals surface area contributed by atoms with E-state index in [1.54, 1.807) is 0 Å². The Morgan fingerprint density at radius 1 is 1.00 bits per heavy atom. The Kier molecular flexibility index (Phi) is 11.2. The second kappa shape index (κ2) is 5.67. The minimum Gasteiger partial charge on any atom is -0.854 e. The van der Waals surface area contributed by atoms with Gasteiger partial charge in [0.2, 0.25) is 0 Å². The average molecular weight is 220 g/mol. The van der Waals surface area contributed by atoms with Crippen LogP contribution in [0.4, 0.5) is 0 Å². The summed E-state index contributed by atoms with van der Waals surface area (Å²) >= 11 is 0. The van der Waals surface area contributed by atoms with Crippen LogP contribution in [0, 0.1) is 41.3 Å². The first-order chi connectivity index (χ1) is 1.73. The summed E-state index contributed by atoms with van der Waals surface area (Å²) in [6.45, 7) is 0. The third kappa shape index (κ3) is 27.3. The maximum atomic E-state index is 8.48. The Morgan fingerprint density at radius 2 is 1.00 bits per heavy atom. The van der Waals surface area contributed by atoms with Gasteiger partial charge in [-0.25, -0.2) is 0 Å². The van der Waals surface area contributed by atoms with E-state index in [9.17, 15) is 0 Å². The van der Waals surface area contributed by atoms with Crippen molar-refractivity contribution in [3.8, 4) is 0 Å². The predicted molar refractivity (Wildman–Crippen MR) is 6.92 cm³/mol. The van der Waals surface area contributed by atoms with Gasteiger partial charge in [-0.15, -0.1) is 0 Å². The molecular weight excluding hydrogens is 220 g/mol. The molecule has 0 amide bonds. The maximum Gasteiger partial charge on any atom is 3.00 e. The summed E-state index contributed by atoms with van der Waals surface area (Å²) in [5.74, 6) is 0. The van der Waals surface area contributed by atoms with E-state index >= 15 is 0 Å². The molecule has 0 aromatic heterocycles. The molecule has 5 heavy (non-hydrogen) atoms. The van der Waals surface area contributed by atoms with Crippen molar-refractivity contribution in [2.45, 2.75) is 0 Å². The summed E-state index contributed by atoms with van der Waals surface area (Å²) < 4.78 is 0. The molecule has 0 saturated carbocycles. The molecular formula is O3PPr. The van der Waals surface area contributed by atoms with Crippen molar-refractivity contribution in [3.05, 3.63) is 0 Å². The molecule has 0 aliphatic carbocycles. The van der Waals surface area contributed by atoms with Crippen molar-refractivity contribution in [2.75, 3.05) is 0 Å². The van der Waals surface area contributed by atoms with Crippen LogP contribution in [-0.4, -0.2) is 0 Å². The van der Waals surface area contributed by atoms with Crippen LogP contribution >= 0.6 is 8.60 Å². The smallest absolute Gasteiger partial charge is 0.854 e. The van der Waals surface area contributed by atoms with Gasteiger partial charge in [-0.05, 0) is 0 Å². The Morgan fingerprint density at radius 3 is 1.00 bits per heavy atom. The van der Waals surface area contributed by atoms with Crippen LogP contribution in [0.5, 0.6) is 0 Å². The summed E-state index contributed by atoms with van der Waals surface area (Å²) in [6.07, 6.45) is 0. The van der Waals surface area contributed by atoms with E-state index < -0.39 is 8.60 Å². The first-order valence-electron chi connectivity index (χ1n) is 0.548. The molecule has 0 bridgehead atoms. The maximum absolute atomic E-state index is 8.48. The van der Waals surface area contributed by atoms with E-state index in [0.29, 0.717) is 0 Å². The minimum absolute atomic E-state index is 0. The molecule has 0 heterocycles. The van der Waals surface area contributed by atoms with Gasteiger partial charge in [0.05, 0.1) is 0 Å². The molecule has 26 valence electrons. The van der Waals surface area contributed by atoms with Crippen LogP contribution in [-0.2, 0) is 0 Å². The van der Waals surface area contributed by atoms with Crippen molar-refractivity contribution >= 4 is 8.60 Å². The van der Waals surface area contributed by atoms with Crippen LogP contribution in [0.1, 0.15) is 0 Å². The molecule has 0 fully saturated rings. The molecule has 0 atom stereocenters. The van der Waals surface area contributed by atoms with Gasteiger partial charge in [0.1, 0.15) is 0 Å². The zero-order chi connectivity index (χ0) is 3.58. The number of hydrogen-bond acceptors (Lipinski definition) is 3. The first-order valence-corrected chi connectivity index (χ1v) is 1.64. The third-order valence-corrected chi connectivity index (χ3v) is 0. The van der Waals surface area contributed by atoms with Gasteiger partial charge in [-0.2, -0.15) is 0 Å². The molecule has 0 rings (SSSR count). The Labute approximate surface area is 64.0 Å². The summed E-state index contributed by atoms with van der Waals surface area (Å²) in [5, 5.41) is 0. The van der Waals surface area contributed by atoms with Crippen LogP contribution in [0.3, 0.4) is 0 Å². The average Bonchev–Trinajstić information content (AvgIpc) is 0.811. The quantitative estimate of drug-likeness (QED) is 0.417. The largest absolute Gasteiger partial charge is 3.00 e. The first kappa shape index (κ1) is 9.84. The van der Waals surface area contributed by atoms with Gasteiger partial charge in [-0.3, -0.25) is 0 Å². The summed E-state index contributed by atoms with van der Waals surface area (Å²) in [6, 6.07) is 0. The summed E-state index contributed by atoms with van der Waals surface area (Å²) in [4.78, 5) is 25.4. The minimum atomic E-state index is -3.37. The fourth-order valence-electron chi connectivity index (χ4n) is 0. The van der Waals surface area contributed by atoms with Gasteiger partial charge in [0.25, 0.3) is 0 Å². The molecule has 0 aliphatic rings. The topological polar surface area (TPSA) is 69.2 Å². The predicted octanol–water partition coefficient (Wildman–Crippen LogP) is -2.71. The number of rotatable bonds is 0. The zero-order valence-corrected chi connectivity index (χ0v) is 6.85. The molecule has 3 nitrogen and oxygen atoms in total. The molecule has 0 aliphatic heterocycles. The van der Waals surface area contributed by atoms with Crippen LogP contribution in [0.2, 0.25) is 0 Å². The molecule has 0 spiro atoms. The fourth-order valence-corrected chi connectivity index (χ4v) is 0. The SMILES string of the molecule is [O-]P([O-])[O-].[Pr+3]. The molecule has 0 N–H and O–H groups in total. The Balaban J connectivity index is 0. The van der Waals surface area contributed by atoms with Crippen molar-refractivity contribution < 1.29 is 56.0 Å². The van der Waals surface area contributed by atoms with E-state index in [1.807, 2.05) is 0 Å². The Hall–Kier alpha value is 1.67. The van der Waals surface area contributed by atoms with Gasteiger partial charge in [-0.1, -0.05) is 0 Å². The van der Waals surface area contributed by atoms with Crippen molar-refractivity contribution in [2.24, 2.45) is 0 Å². The van der Waals surface area contributed by atoms with Crippen molar-refractivity contribution in [3.63, 3.8) is 0 Å². The Bertz CT molecular complexity index is 11.6. The molecule has 5 heteroatoms. The van der Waals surface area contributed by atoms with Gasteiger partial charge in [0.15, 0.2) is 0 Å². The van der Waals surface area contributed by atoms with E-state index in [2.05, 4.69) is 0 Å². The normalized spacial score (nSPS) is 7.20. The second-order valence-electron chi connectivity index (χ2n) is 0.224. The molecule has 0 saturated heterocycles. The van der Waals surface area contributed by atoms with E-state index in [0.717, 1.165) is 0 Å². The fraction of sp³-hybridized carbons (Fsp3) is 0. The van der Waals surface area contributed by atoms with E-state index in [1.165, 1.54) is 0 Å². The van der Waals surface area contributed by atoms with Gasteiger partial charge >= 0.3 is 41.3 Å². The molecule has 0 unspecified atom stereocenters. The van der Waals surface area contributed by atoms with Crippen LogP contribution in [0.15, 0.2) is 0 Å². The zero-order valence-electron chi connectivity index (χ0n) is 2.25. The molecule has 0 radical (unpaired) electrons. The monoisotopic (exact) mass is 220 g/mol. The van der Waals surface area contributed by atoms with E-state index in [-0.39, 0.29) is 41.3 Å². The van der Waals surface area contributed by atoms with Crippen molar-refractivity contribution in [1.29, 1.82) is 0 Å². The standard InChI is InChI=1S/O3P.Pr/c1-4(2)3;/q-3;+3. The summed E-state index contributed by atoms with van der Waals surface area (Å²) in [5.41, 5.74) is 0. The van der Waals surface area contributed by atoms with Crippen LogP contribution in [0.25, 0.3) is 0 Å².